The van der Waals surface area contributed by atoms with E-state index in [1.54, 1.807) is 24.2 Å². The maximum absolute atomic E-state index is 12.6. The summed E-state index contributed by atoms with van der Waals surface area (Å²) in [6.45, 7) is 5.73. The molecule has 2 heterocycles. The third kappa shape index (κ3) is 2.66. The fourth-order valence-electron chi connectivity index (χ4n) is 2.66. The molecule has 2 amide bonds. The summed E-state index contributed by atoms with van der Waals surface area (Å²) in [7, 11) is 0. The molecule has 5 nitrogen and oxygen atoms in total. The van der Waals surface area contributed by atoms with Crippen molar-refractivity contribution in [1.29, 1.82) is 0 Å². The number of rotatable bonds is 4. The lowest BCUT2D eigenvalue weighted by molar-refractivity contribution is -0.151. The minimum absolute atomic E-state index is 0.00302. The lowest BCUT2D eigenvalue weighted by Gasteiger charge is -2.41. The molecule has 3 unspecified atom stereocenters. The standard InChI is InChI=1S/C15H21N3O2/c1-4-5-13-15(20)18(11(3)14(19)17-13)10(2)12-6-8-16-9-7-12/h6-11,13H,4-5H2,1-3H3,(H,17,19). The van der Waals surface area contributed by atoms with E-state index in [9.17, 15) is 9.59 Å². The number of nitrogens with one attached hydrogen (secondary N) is 1. The number of carbonyl (C=O) groups excluding carboxylic acids is 2. The molecule has 2 rings (SSSR count). The summed E-state index contributed by atoms with van der Waals surface area (Å²) in [6, 6.07) is 2.79. The second-order valence-electron chi connectivity index (χ2n) is 5.23. The van der Waals surface area contributed by atoms with Crippen LogP contribution in [-0.2, 0) is 9.59 Å². The average molecular weight is 275 g/mol. The van der Waals surface area contributed by atoms with Gasteiger partial charge < -0.3 is 10.2 Å². The summed E-state index contributed by atoms with van der Waals surface area (Å²) < 4.78 is 0. The van der Waals surface area contributed by atoms with Crippen LogP contribution in [0.5, 0.6) is 0 Å². The van der Waals surface area contributed by atoms with E-state index in [4.69, 9.17) is 0 Å². The van der Waals surface area contributed by atoms with E-state index in [-0.39, 0.29) is 17.9 Å². The molecule has 3 atom stereocenters. The predicted molar refractivity (Wildman–Crippen MR) is 75.8 cm³/mol. The molecular formula is C15H21N3O2. The fourth-order valence-corrected chi connectivity index (χ4v) is 2.66. The van der Waals surface area contributed by atoms with Gasteiger partial charge in [-0.05, 0) is 38.0 Å². The number of hydrogen-bond donors (Lipinski definition) is 1. The number of nitrogens with zero attached hydrogens (tertiary/aromatic N) is 2. The molecule has 0 spiro atoms. The van der Waals surface area contributed by atoms with E-state index in [1.165, 1.54) is 0 Å². The number of amides is 2. The Bertz CT molecular complexity index is 489. The summed E-state index contributed by atoms with van der Waals surface area (Å²) in [4.78, 5) is 30.3. The van der Waals surface area contributed by atoms with E-state index in [0.29, 0.717) is 6.42 Å². The van der Waals surface area contributed by atoms with Crippen molar-refractivity contribution in [3.05, 3.63) is 30.1 Å². The third-order valence-corrected chi connectivity index (χ3v) is 3.85. The van der Waals surface area contributed by atoms with Gasteiger partial charge in [0.15, 0.2) is 0 Å². The Kier molecular flexibility index (Phi) is 4.37. The van der Waals surface area contributed by atoms with E-state index < -0.39 is 12.1 Å². The van der Waals surface area contributed by atoms with Crippen molar-refractivity contribution < 1.29 is 9.59 Å². The minimum Gasteiger partial charge on any atom is -0.343 e. The van der Waals surface area contributed by atoms with Gasteiger partial charge in [-0.2, -0.15) is 0 Å². The largest absolute Gasteiger partial charge is 0.343 e. The monoisotopic (exact) mass is 275 g/mol. The van der Waals surface area contributed by atoms with Gasteiger partial charge in [0.2, 0.25) is 11.8 Å². The van der Waals surface area contributed by atoms with Crippen molar-refractivity contribution in [2.45, 2.75) is 51.7 Å². The fraction of sp³-hybridized carbons (Fsp3) is 0.533. The molecule has 1 aliphatic heterocycles. The molecule has 20 heavy (non-hydrogen) atoms. The Morgan fingerprint density at radius 3 is 2.60 bits per heavy atom. The maximum atomic E-state index is 12.6. The SMILES string of the molecule is CCCC1NC(=O)C(C)N(C(C)c2ccncc2)C1=O. The lowest BCUT2D eigenvalue weighted by atomic mass is 9.99. The third-order valence-electron chi connectivity index (χ3n) is 3.85. The van der Waals surface area contributed by atoms with Gasteiger partial charge in [0.05, 0.1) is 6.04 Å². The van der Waals surface area contributed by atoms with Crippen molar-refractivity contribution in [3.63, 3.8) is 0 Å². The highest BCUT2D eigenvalue weighted by Gasteiger charge is 2.40. The summed E-state index contributed by atoms with van der Waals surface area (Å²) in [6.07, 6.45) is 4.95. The Labute approximate surface area is 119 Å². The van der Waals surface area contributed by atoms with Crippen LogP contribution in [0.15, 0.2) is 24.5 Å². The van der Waals surface area contributed by atoms with Crippen molar-refractivity contribution in [2.75, 3.05) is 0 Å². The zero-order valence-corrected chi connectivity index (χ0v) is 12.2. The summed E-state index contributed by atoms with van der Waals surface area (Å²) in [5.41, 5.74) is 0.991. The van der Waals surface area contributed by atoms with Gasteiger partial charge in [0.1, 0.15) is 12.1 Å². The molecule has 0 radical (unpaired) electrons. The molecule has 1 aromatic rings. The van der Waals surface area contributed by atoms with Crippen LogP contribution >= 0.6 is 0 Å². The van der Waals surface area contributed by atoms with Crippen LogP contribution in [0.4, 0.5) is 0 Å². The van der Waals surface area contributed by atoms with Crippen LogP contribution in [-0.4, -0.2) is 33.8 Å². The highest BCUT2D eigenvalue weighted by atomic mass is 16.2. The molecule has 1 N–H and O–H groups in total. The van der Waals surface area contributed by atoms with Gasteiger partial charge in [0, 0.05) is 12.4 Å². The van der Waals surface area contributed by atoms with Gasteiger partial charge >= 0.3 is 0 Å². The maximum Gasteiger partial charge on any atom is 0.246 e. The molecule has 5 heteroatoms. The minimum atomic E-state index is -0.446. The summed E-state index contributed by atoms with van der Waals surface area (Å²) in [5, 5.41) is 2.81. The molecule has 1 aliphatic rings. The zero-order chi connectivity index (χ0) is 14.7. The first-order valence-electron chi connectivity index (χ1n) is 7.08. The van der Waals surface area contributed by atoms with E-state index in [1.807, 2.05) is 26.0 Å². The van der Waals surface area contributed by atoms with Crippen molar-refractivity contribution in [1.82, 2.24) is 15.2 Å². The first kappa shape index (κ1) is 14.5. The first-order valence-corrected chi connectivity index (χ1v) is 7.08. The van der Waals surface area contributed by atoms with E-state index in [2.05, 4.69) is 10.3 Å². The molecule has 0 aliphatic carbocycles. The second-order valence-corrected chi connectivity index (χ2v) is 5.23. The summed E-state index contributed by atoms with van der Waals surface area (Å²) in [5.74, 6) is -0.0766. The molecule has 0 saturated carbocycles. The van der Waals surface area contributed by atoms with Gasteiger partial charge in [-0.3, -0.25) is 14.6 Å². The Hall–Kier alpha value is -1.91. The Morgan fingerprint density at radius 1 is 1.35 bits per heavy atom. The van der Waals surface area contributed by atoms with Crippen LogP contribution in [0, 0.1) is 0 Å². The zero-order valence-electron chi connectivity index (χ0n) is 12.2. The van der Waals surface area contributed by atoms with Crippen LogP contribution in [0.3, 0.4) is 0 Å². The van der Waals surface area contributed by atoms with Crippen molar-refractivity contribution in [2.24, 2.45) is 0 Å². The van der Waals surface area contributed by atoms with E-state index >= 15 is 0 Å². The molecular weight excluding hydrogens is 254 g/mol. The van der Waals surface area contributed by atoms with Gasteiger partial charge in [-0.1, -0.05) is 13.3 Å². The van der Waals surface area contributed by atoms with Gasteiger partial charge in [-0.15, -0.1) is 0 Å². The summed E-state index contributed by atoms with van der Waals surface area (Å²) >= 11 is 0. The highest BCUT2D eigenvalue weighted by Crippen LogP contribution is 2.26. The average Bonchev–Trinajstić information content (AvgIpc) is 2.46. The smallest absolute Gasteiger partial charge is 0.246 e. The van der Waals surface area contributed by atoms with Crippen molar-refractivity contribution in [3.8, 4) is 0 Å². The number of aromatic nitrogens is 1. The molecule has 108 valence electrons. The van der Waals surface area contributed by atoms with Gasteiger partial charge in [-0.25, -0.2) is 0 Å². The first-order chi connectivity index (χ1) is 9.56. The van der Waals surface area contributed by atoms with Crippen LogP contribution in [0.1, 0.15) is 45.2 Å². The quantitative estimate of drug-likeness (QED) is 0.909. The highest BCUT2D eigenvalue weighted by molar-refractivity contribution is 5.96. The molecule has 1 saturated heterocycles. The van der Waals surface area contributed by atoms with E-state index in [0.717, 1.165) is 12.0 Å². The Balaban J connectivity index is 2.27. The van der Waals surface area contributed by atoms with Crippen LogP contribution < -0.4 is 5.32 Å². The van der Waals surface area contributed by atoms with Gasteiger partial charge in [0.25, 0.3) is 0 Å². The second kappa shape index (κ2) is 6.03. The number of hydrogen-bond acceptors (Lipinski definition) is 3. The number of pyridine rings is 1. The molecule has 0 aromatic carbocycles. The topological polar surface area (TPSA) is 62.3 Å². The van der Waals surface area contributed by atoms with Crippen LogP contribution in [0.2, 0.25) is 0 Å². The number of carbonyl (C=O) groups is 2. The lowest BCUT2D eigenvalue weighted by Crippen LogP contribution is -2.62. The molecule has 1 aromatic heterocycles. The van der Waals surface area contributed by atoms with Crippen LogP contribution in [0.25, 0.3) is 0 Å². The predicted octanol–water partition coefficient (Wildman–Crippen LogP) is 1.66. The molecule has 0 bridgehead atoms. The normalized spacial score (nSPS) is 24.4. The Morgan fingerprint density at radius 2 is 2.00 bits per heavy atom. The van der Waals surface area contributed by atoms with Crippen molar-refractivity contribution >= 4 is 11.8 Å². The number of piperazine rings is 1. The molecule has 1 fully saturated rings.